The zero-order chi connectivity index (χ0) is 31.0. The molecule has 13 heteroatoms. The molecule has 3 heterocycles. The van der Waals surface area contributed by atoms with Gasteiger partial charge in [-0.25, -0.2) is 28.2 Å². The first kappa shape index (κ1) is 29.9. The maximum Gasteiger partial charge on any atom is 0.347 e. The molecule has 0 spiro atoms. The summed E-state index contributed by atoms with van der Waals surface area (Å²) in [5.41, 5.74) is 2.74. The van der Waals surface area contributed by atoms with Crippen molar-refractivity contribution < 1.29 is 18.3 Å². The second-order valence-corrected chi connectivity index (χ2v) is 10.9. The minimum Gasteiger partial charge on any atom is -0.493 e. The predicted octanol–water partition coefficient (Wildman–Crippen LogP) is 4.31. The van der Waals surface area contributed by atoms with Gasteiger partial charge in [0.15, 0.2) is 11.6 Å². The number of aromatic nitrogens is 6. The van der Waals surface area contributed by atoms with E-state index in [1.54, 1.807) is 11.0 Å². The van der Waals surface area contributed by atoms with Crippen molar-refractivity contribution in [2.75, 3.05) is 49.2 Å². The molecule has 1 N–H and O–H groups in total. The molecule has 0 unspecified atom stereocenters. The van der Waals surface area contributed by atoms with Crippen molar-refractivity contribution >= 4 is 11.4 Å². The predicted molar refractivity (Wildman–Crippen MR) is 165 cm³/mol. The van der Waals surface area contributed by atoms with Gasteiger partial charge in [-0.3, -0.25) is 4.68 Å². The van der Waals surface area contributed by atoms with Crippen LogP contribution in [0.25, 0.3) is 5.69 Å². The summed E-state index contributed by atoms with van der Waals surface area (Å²) in [5, 5.41) is 10.3. The molecule has 6 rings (SSSR count). The van der Waals surface area contributed by atoms with E-state index in [0.29, 0.717) is 13.2 Å². The highest BCUT2D eigenvalue weighted by Gasteiger charge is 2.19. The molecule has 0 radical (unpaired) electrons. The van der Waals surface area contributed by atoms with Gasteiger partial charge in [0, 0.05) is 56.1 Å². The van der Waals surface area contributed by atoms with Gasteiger partial charge in [-0.05, 0) is 73.5 Å². The Morgan fingerprint density at radius 2 is 1.49 bits per heavy atom. The quantitative estimate of drug-likeness (QED) is 0.209. The van der Waals surface area contributed by atoms with Gasteiger partial charge in [0.05, 0.1) is 18.9 Å². The van der Waals surface area contributed by atoms with Crippen LogP contribution in [0, 0.1) is 17.6 Å². The molecule has 1 saturated heterocycles. The molecule has 234 valence electrons. The third-order valence-electron chi connectivity index (χ3n) is 7.85. The monoisotopic (exact) mass is 616 g/mol. The Bertz CT molecular complexity index is 1700. The smallest absolute Gasteiger partial charge is 0.347 e. The van der Waals surface area contributed by atoms with Crippen LogP contribution in [0.5, 0.6) is 11.5 Å². The molecule has 0 saturated carbocycles. The second-order valence-electron chi connectivity index (χ2n) is 10.9. The fourth-order valence-electron chi connectivity index (χ4n) is 5.35. The molecule has 3 aromatic carbocycles. The largest absolute Gasteiger partial charge is 0.493 e. The van der Waals surface area contributed by atoms with Crippen molar-refractivity contribution in [2.45, 2.75) is 19.4 Å². The Labute approximate surface area is 258 Å². The number of anilines is 2. The lowest BCUT2D eigenvalue weighted by Crippen LogP contribution is -2.46. The fourth-order valence-corrected chi connectivity index (χ4v) is 5.35. The average molecular weight is 617 g/mol. The average Bonchev–Trinajstić information content (AvgIpc) is 3.75. The van der Waals surface area contributed by atoms with Gasteiger partial charge in [0.25, 0.3) is 0 Å². The molecule has 1 atom stereocenters. The van der Waals surface area contributed by atoms with Crippen LogP contribution in [-0.2, 0) is 6.54 Å². The number of aryl methyl sites for hydroxylation is 1. The highest BCUT2D eigenvalue weighted by atomic mass is 19.1. The number of ether oxygens (including phenoxy) is 2. The van der Waals surface area contributed by atoms with E-state index >= 15 is 0 Å². The number of H-pyrrole nitrogens is 1. The third-order valence-corrected chi connectivity index (χ3v) is 7.85. The van der Waals surface area contributed by atoms with Crippen molar-refractivity contribution in [1.29, 1.82) is 0 Å². The van der Waals surface area contributed by atoms with E-state index in [0.717, 1.165) is 67.9 Å². The SMILES string of the molecule is O=c1[nH]ncn1-c1ccc(N2CCN(c3ccc(OC[C@@H](CCCn4cncn4)COc4ccc(F)cc4F)cc3)CC2)cc1. The van der Waals surface area contributed by atoms with Gasteiger partial charge in [-0.15, -0.1) is 0 Å². The van der Waals surface area contributed by atoms with Gasteiger partial charge >= 0.3 is 5.69 Å². The van der Waals surface area contributed by atoms with Crippen LogP contribution in [0.1, 0.15) is 12.8 Å². The van der Waals surface area contributed by atoms with Gasteiger partial charge < -0.3 is 19.3 Å². The van der Waals surface area contributed by atoms with Crippen LogP contribution in [0.15, 0.2) is 90.5 Å². The summed E-state index contributed by atoms with van der Waals surface area (Å²) < 4.78 is 42.5. The molecule has 0 aliphatic carbocycles. The van der Waals surface area contributed by atoms with E-state index < -0.39 is 11.6 Å². The summed E-state index contributed by atoms with van der Waals surface area (Å²) in [6.45, 7) is 4.78. The Kier molecular flexibility index (Phi) is 9.33. The van der Waals surface area contributed by atoms with Crippen LogP contribution >= 0.6 is 0 Å². The maximum atomic E-state index is 14.1. The van der Waals surface area contributed by atoms with Crippen LogP contribution in [0.3, 0.4) is 0 Å². The number of benzene rings is 3. The van der Waals surface area contributed by atoms with Gasteiger partial charge in [0.2, 0.25) is 0 Å². The first-order valence-electron chi connectivity index (χ1n) is 14.9. The lowest BCUT2D eigenvalue weighted by molar-refractivity contribution is 0.162. The van der Waals surface area contributed by atoms with Crippen molar-refractivity contribution in [3.8, 4) is 17.2 Å². The fraction of sp³-hybridized carbons (Fsp3) is 0.312. The Hall–Kier alpha value is -5.20. The van der Waals surface area contributed by atoms with E-state index in [1.807, 2.05) is 36.4 Å². The minimum absolute atomic E-state index is 0.0187. The number of nitrogens with zero attached hydrogens (tertiary/aromatic N) is 7. The summed E-state index contributed by atoms with van der Waals surface area (Å²) in [7, 11) is 0. The normalized spacial score (nSPS) is 14.0. The third kappa shape index (κ3) is 7.66. The van der Waals surface area contributed by atoms with Crippen molar-refractivity contribution in [3.05, 3.63) is 108 Å². The molecule has 11 nitrogen and oxygen atoms in total. The number of piperazine rings is 1. The van der Waals surface area contributed by atoms with Crippen LogP contribution in [0.4, 0.5) is 20.2 Å². The highest BCUT2D eigenvalue weighted by Crippen LogP contribution is 2.25. The molecule has 45 heavy (non-hydrogen) atoms. The molecule has 0 amide bonds. The van der Waals surface area contributed by atoms with E-state index in [1.165, 1.54) is 29.4 Å². The van der Waals surface area contributed by atoms with Crippen molar-refractivity contribution in [3.63, 3.8) is 0 Å². The van der Waals surface area contributed by atoms with Crippen molar-refractivity contribution in [1.82, 2.24) is 29.5 Å². The first-order valence-corrected chi connectivity index (χ1v) is 14.9. The number of halogens is 2. The second kappa shape index (κ2) is 14.1. The Balaban J connectivity index is 1.00. The van der Waals surface area contributed by atoms with Crippen LogP contribution in [0.2, 0.25) is 0 Å². The standard InChI is InChI=1S/C32H34F2N8O3/c33-25-3-12-31(30(34)18-25)45-20-24(2-1-13-41-22-35-21-37-41)19-44-29-10-8-27(9-11-29)40-16-14-39(15-17-40)26-4-6-28(7-5-26)42-23-36-38-32(42)43/h3-12,18,21-24H,1-2,13-17,19-20H2,(H,38,43)/t24-/m1/s1. The molecule has 1 aliphatic rings. The van der Waals surface area contributed by atoms with Gasteiger partial charge in [0.1, 0.15) is 30.5 Å². The number of nitrogens with one attached hydrogen (secondary N) is 1. The van der Waals surface area contributed by atoms with Crippen molar-refractivity contribution in [2.24, 2.45) is 5.92 Å². The van der Waals surface area contributed by atoms with E-state index in [4.69, 9.17) is 9.47 Å². The summed E-state index contributed by atoms with van der Waals surface area (Å²) in [6, 6.07) is 19.3. The zero-order valence-electron chi connectivity index (χ0n) is 24.6. The van der Waals surface area contributed by atoms with Gasteiger partial charge in [-0.1, -0.05) is 0 Å². The van der Waals surface area contributed by atoms with Crippen LogP contribution < -0.4 is 25.0 Å². The Morgan fingerprint density at radius 1 is 0.822 bits per heavy atom. The zero-order valence-corrected chi connectivity index (χ0v) is 24.6. The number of hydrogen-bond acceptors (Lipinski definition) is 8. The molecular weight excluding hydrogens is 582 g/mol. The first-order chi connectivity index (χ1) is 22.0. The van der Waals surface area contributed by atoms with Gasteiger partial charge in [-0.2, -0.15) is 10.2 Å². The number of aromatic amines is 1. The molecule has 2 aromatic heterocycles. The topological polar surface area (TPSA) is 106 Å². The molecular formula is C32H34F2N8O3. The molecule has 1 fully saturated rings. The number of hydrogen-bond donors (Lipinski definition) is 1. The maximum absolute atomic E-state index is 14.1. The minimum atomic E-state index is -0.727. The van der Waals surface area contributed by atoms with Crippen LogP contribution in [-0.4, -0.2) is 68.9 Å². The lowest BCUT2D eigenvalue weighted by atomic mass is 10.1. The highest BCUT2D eigenvalue weighted by molar-refractivity contribution is 5.54. The van der Waals surface area contributed by atoms with E-state index in [-0.39, 0.29) is 24.0 Å². The molecule has 0 bridgehead atoms. The summed E-state index contributed by atoms with van der Waals surface area (Å²) in [4.78, 5) is 20.5. The lowest BCUT2D eigenvalue weighted by Gasteiger charge is -2.37. The van der Waals surface area contributed by atoms with E-state index in [9.17, 15) is 13.6 Å². The summed E-state index contributed by atoms with van der Waals surface area (Å²) >= 11 is 0. The van der Waals surface area contributed by atoms with E-state index in [2.05, 4.69) is 42.2 Å². The Morgan fingerprint density at radius 3 is 2.11 bits per heavy atom. The molecule has 1 aliphatic heterocycles. The molecule has 5 aromatic rings. The summed E-state index contributed by atoms with van der Waals surface area (Å²) in [5.74, 6) is -0.640. The number of rotatable bonds is 13. The summed E-state index contributed by atoms with van der Waals surface area (Å²) in [6.07, 6.45) is 6.21.